The van der Waals surface area contributed by atoms with E-state index >= 15 is 0 Å². The summed E-state index contributed by atoms with van der Waals surface area (Å²) < 4.78 is 6.49. The molecule has 1 rings (SSSR count). The van der Waals surface area contributed by atoms with Crippen molar-refractivity contribution in [3.63, 3.8) is 0 Å². The van der Waals surface area contributed by atoms with Gasteiger partial charge in [0.25, 0.3) is 0 Å². The number of thioether (sulfide) groups is 1. The molecule has 1 aromatic carbocycles. The fourth-order valence-electron chi connectivity index (χ4n) is 1.41. The maximum atomic E-state index is 9.75. The average Bonchev–Trinajstić information content (AvgIpc) is 2.33. The molecular formula is C13H20BrNO2S. The quantitative estimate of drug-likeness (QED) is 0.717. The van der Waals surface area contributed by atoms with Crippen LogP contribution in [0.15, 0.2) is 22.7 Å². The normalized spacial score (nSPS) is 12.4. The van der Waals surface area contributed by atoms with Crippen LogP contribution in [0.4, 0.5) is 0 Å². The van der Waals surface area contributed by atoms with E-state index in [1.807, 2.05) is 25.1 Å². The Morgan fingerprint density at radius 1 is 1.50 bits per heavy atom. The molecule has 0 saturated carbocycles. The van der Waals surface area contributed by atoms with Gasteiger partial charge in [-0.1, -0.05) is 6.07 Å². The van der Waals surface area contributed by atoms with Crippen molar-refractivity contribution in [3.8, 4) is 5.75 Å². The van der Waals surface area contributed by atoms with Gasteiger partial charge in [-0.25, -0.2) is 0 Å². The van der Waals surface area contributed by atoms with Crippen molar-refractivity contribution in [3.05, 3.63) is 28.2 Å². The summed E-state index contributed by atoms with van der Waals surface area (Å²) in [7, 11) is 0. The number of halogens is 1. The van der Waals surface area contributed by atoms with Crippen molar-refractivity contribution in [2.75, 3.05) is 31.7 Å². The van der Waals surface area contributed by atoms with Crippen molar-refractivity contribution in [2.45, 2.75) is 13.0 Å². The molecule has 5 heteroatoms. The lowest BCUT2D eigenvalue weighted by molar-refractivity contribution is 0.106. The van der Waals surface area contributed by atoms with E-state index in [0.717, 1.165) is 22.5 Å². The molecule has 0 radical (unpaired) electrons. The Balaban J connectivity index is 2.27. The maximum absolute atomic E-state index is 9.75. The van der Waals surface area contributed by atoms with Crippen LogP contribution in [0, 0.1) is 6.92 Å². The average molecular weight is 334 g/mol. The van der Waals surface area contributed by atoms with Crippen molar-refractivity contribution >= 4 is 27.7 Å². The summed E-state index contributed by atoms with van der Waals surface area (Å²) in [5.74, 6) is 1.82. The lowest BCUT2D eigenvalue weighted by atomic mass is 10.2. The first-order chi connectivity index (χ1) is 8.63. The van der Waals surface area contributed by atoms with E-state index < -0.39 is 6.10 Å². The van der Waals surface area contributed by atoms with Gasteiger partial charge in [-0.3, -0.25) is 0 Å². The van der Waals surface area contributed by atoms with Crippen LogP contribution < -0.4 is 10.1 Å². The van der Waals surface area contributed by atoms with Gasteiger partial charge in [-0.15, -0.1) is 0 Å². The minimum Gasteiger partial charge on any atom is -0.490 e. The first-order valence-corrected chi connectivity index (χ1v) is 8.09. The van der Waals surface area contributed by atoms with E-state index in [1.165, 1.54) is 5.56 Å². The van der Waals surface area contributed by atoms with Crippen molar-refractivity contribution in [1.29, 1.82) is 0 Å². The van der Waals surface area contributed by atoms with Crippen LogP contribution >= 0.6 is 27.7 Å². The summed E-state index contributed by atoms with van der Waals surface area (Å²) in [5.41, 5.74) is 1.17. The molecule has 1 aromatic rings. The second-order valence-corrected chi connectivity index (χ2v) is 5.94. The molecule has 0 aromatic heterocycles. The molecule has 0 fully saturated rings. The molecule has 0 aliphatic rings. The monoisotopic (exact) mass is 333 g/mol. The van der Waals surface area contributed by atoms with Gasteiger partial charge in [0.15, 0.2) is 0 Å². The van der Waals surface area contributed by atoms with Crippen LogP contribution in [-0.2, 0) is 0 Å². The van der Waals surface area contributed by atoms with Crippen LogP contribution in [-0.4, -0.2) is 42.9 Å². The van der Waals surface area contributed by atoms with Crippen LogP contribution in [0.5, 0.6) is 5.75 Å². The molecule has 0 amide bonds. The number of ether oxygens (including phenoxy) is 1. The van der Waals surface area contributed by atoms with E-state index in [9.17, 15) is 5.11 Å². The smallest absolute Gasteiger partial charge is 0.133 e. The number of aliphatic hydroxyl groups excluding tert-OH is 1. The van der Waals surface area contributed by atoms with Crippen LogP contribution in [0.2, 0.25) is 0 Å². The summed E-state index contributed by atoms with van der Waals surface area (Å²) in [5, 5.41) is 12.9. The van der Waals surface area contributed by atoms with Gasteiger partial charge < -0.3 is 15.2 Å². The van der Waals surface area contributed by atoms with Gasteiger partial charge in [0.05, 0.1) is 4.47 Å². The highest BCUT2D eigenvalue weighted by Gasteiger charge is 2.06. The number of aliphatic hydroxyl groups is 1. The first-order valence-electron chi connectivity index (χ1n) is 5.90. The third kappa shape index (κ3) is 6.09. The zero-order valence-electron chi connectivity index (χ0n) is 10.8. The summed E-state index contributed by atoms with van der Waals surface area (Å²) in [6.07, 6.45) is 1.58. The van der Waals surface area contributed by atoms with Crippen LogP contribution in [0.25, 0.3) is 0 Å². The van der Waals surface area contributed by atoms with Crippen LogP contribution in [0.1, 0.15) is 5.56 Å². The molecule has 0 aliphatic heterocycles. The Hall–Kier alpha value is -0.230. The molecule has 2 N–H and O–H groups in total. The van der Waals surface area contributed by atoms with Crippen LogP contribution in [0.3, 0.4) is 0 Å². The summed E-state index contributed by atoms with van der Waals surface area (Å²) in [4.78, 5) is 0. The SMILES string of the molecule is CSCCNCC(O)COc1ccc(C)cc1Br. The van der Waals surface area contributed by atoms with E-state index in [1.54, 1.807) is 11.8 Å². The molecule has 3 nitrogen and oxygen atoms in total. The van der Waals surface area contributed by atoms with Gasteiger partial charge in [0, 0.05) is 18.8 Å². The lowest BCUT2D eigenvalue weighted by Crippen LogP contribution is -2.32. The molecule has 0 bridgehead atoms. The largest absolute Gasteiger partial charge is 0.490 e. The minimum absolute atomic E-state index is 0.300. The Bertz CT molecular complexity index is 363. The van der Waals surface area contributed by atoms with Crippen molar-refractivity contribution in [2.24, 2.45) is 0 Å². The molecule has 1 atom stereocenters. The second kappa shape index (κ2) is 8.80. The lowest BCUT2D eigenvalue weighted by Gasteiger charge is -2.14. The zero-order chi connectivity index (χ0) is 13.4. The number of hydrogen-bond donors (Lipinski definition) is 2. The summed E-state index contributed by atoms with van der Waals surface area (Å²) in [6, 6.07) is 5.90. The zero-order valence-corrected chi connectivity index (χ0v) is 13.2. The first kappa shape index (κ1) is 15.8. The van der Waals surface area contributed by atoms with E-state index in [0.29, 0.717) is 13.2 Å². The molecule has 0 aliphatic carbocycles. The standard InChI is InChI=1S/C13H20BrNO2S/c1-10-3-4-13(12(14)7-10)17-9-11(16)8-15-5-6-18-2/h3-4,7,11,15-16H,5-6,8-9H2,1-2H3. The number of hydrogen-bond acceptors (Lipinski definition) is 4. The molecular weight excluding hydrogens is 314 g/mol. The Labute approximate surface area is 121 Å². The third-order valence-electron chi connectivity index (χ3n) is 2.38. The highest BCUT2D eigenvalue weighted by atomic mass is 79.9. The minimum atomic E-state index is -0.486. The Kier molecular flexibility index (Phi) is 7.74. The molecule has 0 spiro atoms. The Morgan fingerprint density at radius 3 is 2.94 bits per heavy atom. The fraction of sp³-hybridized carbons (Fsp3) is 0.538. The molecule has 102 valence electrons. The summed E-state index contributed by atoms with van der Waals surface area (Å²) in [6.45, 7) is 3.80. The molecule has 0 saturated heterocycles. The second-order valence-electron chi connectivity index (χ2n) is 4.10. The molecule has 18 heavy (non-hydrogen) atoms. The molecule has 0 heterocycles. The highest BCUT2D eigenvalue weighted by Crippen LogP contribution is 2.25. The fourth-order valence-corrected chi connectivity index (χ4v) is 2.37. The van der Waals surface area contributed by atoms with Crippen molar-refractivity contribution < 1.29 is 9.84 Å². The van der Waals surface area contributed by atoms with Gasteiger partial charge in [-0.05, 0) is 46.8 Å². The van der Waals surface area contributed by atoms with E-state index in [4.69, 9.17) is 4.74 Å². The number of benzene rings is 1. The molecule has 1 unspecified atom stereocenters. The van der Waals surface area contributed by atoms with Gasteiger partial charge in [0.1, 0.15) is 18.5 Å². The van der Waals surface area contributed by atoms with E-state index in [-0.39, 0.29) is 0 Å². The van der Waals surface area contributed by atoms with Gasteiger partial charge >= 0.3 is 0 Å². The topological polar surface area (TPSA) is 41.5 Å². The van der Waals surface area contributed by atoms with Crippen molar-refractivity contribution in [1.82, 2.24) is 5.32 Å². The Morgan fingerprint density at radius 2 is 2.28 bits per heavy atom. The predicted octanol–water partition coefficient (Wildman–Crippen LogP) is 2.45. The van der Waals surface area contributed by atoms with Gasteiger partial charge in [-0.2, -0.15) is 11.8 Å². The predicted molar refractivity (Wildman–Crippen MR) is 81.6 cm³/mol. The highest BCUT2D eigenvalue weighted by molar-refractivity contribution is 9.10. The van der Waals surface area contributed by atoms with E-state index in [2.05, 4.69) is 27.5 Å². The van der Waals surface area contributed by atoms with Gasteiger partial charge in [0.2, 0.25) is 0 Å². The number of aryl methyl sites for hydroxylation is 1. The maximum Gasteiger partial charge on any atom is 0.133 e. The number of rotatable bonds is 8. The number of nitrogens with one attached hydrogen (secondary N) is 1. The third-order valence-corrected chi connectivity index (χ3v) is 3.61. The summed E-state index contributed by atoms with van der Waals surface area (Å²) >= 11 is 5.23.